The first kappa shape index (κ1) is 20.1. The number of rotatable bonds is 9. The van der Waals surface area contributed by atoms with E-state index in [2.05, 4.69) is 24.1 Å². The lowest BCUT2D eigenvalue weighted by atomic mass is 10.1. The van der Waals surface area contributed by atoms with Crippen molar-refractivity contribution in [2.45, 2.75) is 32.7 Å². The predicted molar refractivity (Wildman–Crippen MR) is 109 cm³/mol. The van der Waals surface area contributed by atoms with Crippen LogP contribution in [0.25, 0.3) is 0 Å². The van der Waals surface area contributed by atoms with Crippen LogP contribution in [0.1, 0.15) is 48.8 Å². The van der Waals surface area contributed by atoms with Crippen molar-refractivity contribution in [3.8, 4) is 0 Å². The smallest absolute Gasteiger partial charge is 0.253 e. The molecule has 1 saturated carbocycles. The highest BCUT2D eigenvalue weighted by molar-refractivity contribution is 6.05. The van der Waals surface area contributed by atoms with Crippen LogP contribution in [0.3, 0.4) is 0 Å². The maximum absolute atomic E-state index is 13.0. The fourth-order valence-corrected chi connectivity index (χ4v) is 3.52. The van der Waals surface area contributed by atoms with E-state index in [4.69, 9.17) is 4.42 Å². The third-order valence-electron chi connectivity index (χ3n) is 5.35. The van der Waals surface area contributed by atoms with E-state index in [1.807, 2.05) is 30.3 Å². The number of nitrogens with one attached hydrogen (secondary N) is 1. The van der Waals surface area contributed by atoms with E-state index in [1.165, 1.54) is 0 Å². The molecule has 0 saturated heterocycles. The predicted octanol–water partition coefficient (Wildman–Crippen LogP) is 3.47. The molecular formula is C22H29N3O3. The van der Waals surface area contributed by atoms with Crippen molar-refractivity contribution in [1.29, 1.82) is 0 Å². The minimum absolute atomic E-state index is 0.0352. The molecule has 0 aliphatic heterocycles. The summed E-state index contributed by atoms with van der Waals surface area (Å²) in [7, 11) is 1.74. The Balaban J connectivity index is 1.74. The molecule has 0 bridgehead atoms. The van der Waals surface area contributed by atoms with E-state index in [-0.39, 0.29) is 23.8 Å². The Morgan fingerprint density at radius 3 is 2.46 bits per heavy atom. The highest BCUT2D eigenvalue weighted by atomic mass is 16.3. The number of hydrogen-bond acceptors (Lipinski definition) is 4. The van der Waals surface area contributed by atoms with E-state index >= 15 is 0 Å². The zero-order valence-electron chi connectivity index (χ0n) is 16.9. The first-order valence-electron chi connectivity index (χ1n) is 9.99. The molecule has 1 aromatic carbocycles. The second kappa shape index (κ2) is 9.06. The SMILES string of the molecule is CCN(CC)C(CNC(=O)c1ccccc1N(C)C(=O)C1CC1)c1ccco1. The molecule has 28 heavy (non-hydrogen) atoms. The molecule has 6 nitrogen and oxygen atoms in total. The van der Waals surface area contributed by atoms with Gasteiger partial charge in [0.1, 0.15) is 5.76 Å². The average molecular weight is 383 g/mol. The molecule has 1 N–H and O–H groups in total. The van der Waals surface area contributed by atoms with Crippen LogP contribution >= 0.6 is 0 Å². The average Bonchev–Trinajstić information content (AvgIpc) is 3.44. The van der Waals surface area contributed by atoms with Crippen molar-refractivity contribution in [1.82, 2.24) is 10.2 Å². The van der Waals surface area contributed by atoms with Gasteiger partial charge in [-0.15, -0.1) is 0 Å². The van der Waals surface area contributed by atoms with E-state index in [1.54, 1.807) is 24.3 Å². The maximum atomic E-state index is 13.0. The van der Waals surface area contributed by atoms with Gasteiger partial charge >= 0.3 is 0 Å². The van der Waals surface area contributed by atoms with Gasteiger partial charge in [-0.05, 0) is 50.2 Å². The van der Waals surface area contributed by atoms with E-state index < -0.39 is 0 Å². The van der Waals surface area contributed by atoms with Gasteiger partial charge < -0.3 is 14.6 Å². The summed E-state index contributed by atoms with van der Waals surface area (Å²) in [6, 6.07) is 11.0. The minimum atomic E-state index is -0.185. The lowest BCUT2D eigenvalue weighted by molar-refractivity contribution is -0.119. The van der Waals surface area contributed by atoms with Crippen LogP contribution < -0.4 is 10.2 Å². The fourth-order valence-electron chi connectivity index (χ4n) is 3.52. The second-order valence-corrected chi connectivity index (χ2v) is 7.15. The number of benzene rings is 1. The normalized spacial score (nSPS) is 14.7. The zero-order valence-corrected chi connectivity index (χ0v) is 16.9. The Labute approximate surface area is 166 Å². The second-order valence-electron chi connectivity index (χ2n) is 7.15. The van der Waals surface area contributed by atoms with Crippen LogP contribution in [0.2, 0.25) is 0 Å². The third-order valence-corrected chi connectivity index (χ3v) is 5.35. The van der Waals surface area contributed by atoms with E-state index in [0.29, 0.717) is 17.8 Å². The van der Waals surface area contributed by atoms with Gasteiger partial charge in [0.15, 0.2) is 0 Å². The van der Waals surface area contributed by atoms with E-state index in [9.17, 15) is 9.59 Å². The van der Waals surface area contributed by atoms with Gasteiger partial charge in [0, 0.05) is 19.5 Å². The van der Waals surface area contributed by atoms with Crippen LogP contribution in [-0.4, -0.2) is 43.4 Å². The third kappa shape index (κ3) is 4.44. The first-order valence-corrected chi connectivity index (χ1v) is 9.99. The number of amides is 2. The number of para-hydroxylation sites is 1. The Kier molecular flexibility index (Phi) is 6.52. The van der Waals surface area contributed by atoms with Gasteiger partial charge in [-0.2, -0.15) is 0 Å². The van der Waals surface area contributed by atoms with Crippen molar-refractivity contribution in [2.75, 3.05) is 31.6 Å². The Bertz CT molecular complexity index is 795. The van der Waals surface area contributed by atoms with Crippen molar-refractivity contribution in [2.24, 2.45) is 5.92 Å². The van der Waals surface area contributed by atoms with Gasteiger partial charge in [0.2, 0.25) is 5.91 Å². The van der Waals surface area contributed by atoms with Crippen LogP contribution in [-0.2, 0) is 4.79 Å². The number of hydrogen-bond donors (Lipinski definition) is 1. The molecular weight excluding hydrogens is 354 g/mol. The highest BCUT2D eigenvalue weighted by Crippen LogP contribution is 2.33. The van der Waals surface area contributed by atoms with Crippen molar-refractivity contribution in [3.05, 3.63) is 54.0 Å². The molecule has 150 valence electrons. The molecule has 1 aromatic heterocycles. The van der Waals surface area contributed by atoms with E-state index in [0.717, 1.165) is 31.7 Å². The summed E-state index contributed by atoms with van der Waals surface area (Å²) in [4.78, 5) is 29.3. The lowest BCUT2D eigenvalue weighted by Crippen LogP contribution is -2.38. The number of furan rings is 1. The summed E-state index contributed by atoms with van der Waals surface area (Å²) in [6.45, 7) is 6.33. The van der Waals surface area contributed by atoms with Gasteiger partial charge in [0.25, 0.3) is 5.91 Å². The van der Waals surface area contributed by atoms with Gasteiger partial charge in [-0.25, -0.2) is 0 Å². The summed E-state index contributed by atoms with van der Waals surface area (Å²) in [5.74, 6) is 0.831. The molecule has 6 heteroatoms. The summed E-state index contributed by atoms with van der Waals surface area (Å²) < 4.78 is 5.60. The molecule has 1 unspecified atom stereocenters. The van der Waals surface area contributed by atoms with Crippen LogP contribution in [0, 0.1) is 5.92 Å². The van der Waals surface area contributed by atoms with Crippen molar-refractivity contribution >= 4 is 17.5 Å². The molecule has 1 aliphatic carbocycles. The zero-order chi connectivity index (χ0) is 20.1. The number of likely N-dealkylation sites (N-methyl/N-ethyl adjacent to an activating group) is 1. The standard InChI is InChI=1S/C22H29N3O3/c1-4-25(5-2)19(20-11-8-14-28-20)15-23-21(26)17-9-6-7-10-18(17)24(3)22(27)16-12-13-16/h6-11,14,16,19H,4-5,12-13,15H2,1-3H3,(H,23,26). The van der Waals surface area contributed by atoms with Crippen molar-refractivity contribution < 1.29 is 14.0 Å². The van der Waals surface area contributed by atoms with Crippen LogP contribution in [0.5, 0.6) is 0 Å². The van der Waals surface area contributed by atoms with Crippen LogP contribution in [0.4, 0.5) is 5.69 Å². The summed E-state index contributed by atoms with van der Waals surface area (Å²) in [6.07, 6.45) is 3.53. The largest absolute Gasteiger partial charge is 0.468 e. The molecule has 1 aliphatic rings. The molecule has 1 fully saturated rings. The minimum Gasteiger partial charge on any atom is -0.468 e. The molecule has 1 atom stereocenters. The number of carbonyl (C=O) groups excluding carboxylic acids is 2. The molecule has 2 amide bonds. The fraction of sp³-hybridized carbons (Fsp3) is 0.455. The summed E-state index contributed by atoms with van der Waals surface area (Å²) >= 11 is 0. The topological polar surface area (TPSA) is 65.8 Å². The number of nitrogens with zero attached hydrogens (tertiary/aromatic N) is 2. The Hall–Kier alpha value is -2.60. The molecule has 1 heterocycles. The Morgan fingerprint density at radius 1 is 1.14 bits per heavy atom. The summed E-state index contributed by atoms with van der Waals surface area (Å²) in [5, 5.41) is 3.04. The summed E-state index contributed by atoms with van der Waals surface area (Å²) in [5.41, 5.74) is 1.16. The molecule has 0 radical (unpaired) electrons. The first-order chi connectivity index (χ1) is 13.6. The molecule has 2 aromatic rings. The Morgan fingerprint density at radius 2 is 1.86 bits per heavy atom. The lowest BCUT2D eigenvalue weighted by Gasteiger charge is -2.28. The monoisotopic (exact) mass is 383 g/mol. The van der Waals surface area contributed by atoms with Gasteiger partial charge in [0.05, 0.1) is 23.6 Å². The maximum Gasteiger partial charge on any atom is 0.253 e. The van der Waals surface area contributed by atoms with Gasteiger partial charge in [-0.1, -0.05) is 26.0 Å². The number of anilines is 1. The quantitative estimate of drug-likeness (QED) is 0.720. The highest BCUT2D eigenvalue weighted by Gasteiger charge is 2.33. The van der Waals surface area contributed by atoms with Crippen LogP contribution in [0.15, 0.2) is 47.1 Å². The molecule has 3 rings (SSSR count). The molecule has 0 spiro atoms. The number of carbonyl (C=O) groups is 2. The van der Waals surface area contributed by atoms with Gasteiger partial charge in [-0.3, -0.25) is 14.5 Å². The van der Waals surface area contributed by atoms with Crippen molar-refractivity contribution in [3.63, 3.8) is 0 Å².